The van der Waals surface area contributed by atoms with Gasteiger partial charge in [0.15, 0.2) is 0 Å². The highest BCUT2D eigenvalue weighted by Gasteiger charge is 1.76. The molecule has 0 rings (SSSR count). The summed E-state index contributed by atoms with van der Waals surface area (Å²) in [6, 6.07) is 0. The highest BCUT2D eigenvalue weighted by Crippen LogP contribution is 2.38. The van der Waals surface area contributed by atoms with E-state index in [1.54, 1.807) is 0 Å². The fourth-order valence-electron chi connectivity index (χ4n) is 0.0556. The van der Waals surface area contributed by atoms with Crippen LogP contribution < -0.4 is 0 Å². The van der Waals surface area contributed by atoms with Gasteiger partial charge in [-0.3, -0.25) is 0 Å². The van der Waals surface area contributed by atoms with Crippen molar-refractivity contribution >= 4 is 58.9 Å². The molecule has 0 amide bonds. The lowest BCUT2D eigenvalue weighted by Crippen LogP contribution is -1.36. The number of rotatable bonds is 3. The Morgan fingerprint density at radius 1 is 0.833 bits per heavy atom. The zero-order valence-electron chi connectivity index (χ0n) is 3.63. The van der Waals surface area contributed by atoms with Crippen LogP contribution in [0.5, 0.6) is 0 Å². The molecule has 0 saturated carbocycles. The van der Waals surface area contributed by atoms with Crippen LogP contribution in [0.15, 0.2) is 0 Å². The summed E-state index contributed by atoms with van der Waals surface area (Å²) in [6.07, 6.45) is 0. The van der Waals surface area contributed by atoms with Gasteiger partial charge in [0.1, 0.15) is 0 Å². The van der Waals surface area contributed by atoms with Crippen LogP contribution in [0.3, 0.4) is 0 Å². The SMILES string of the molecule is [SiH3]SSSS[SiH3]. The van der Waals surface area contributed by atoms with Crippen molar-refractivity contribution in [3.8, 4) is 0 Å². The molecule has 38 valence electrons. The second kappa shape index (κ2) is 6.83. The summed E-state index contributed by atoms with van der Waals surface area (Å²) in [7, 11) is 10.2. The van der Waals surface area contributed by atoms with Crippen LogP contribution in [0.1, 0.15) is 0 Å². The molecule has 0 atom stereocenters. The standard InChI is InChI=1S/H6S4Si2/c5-3-1-2-4-6/h5-6H3. The Hall–Kier alpha value is 1.83. The molecule has 6 heteroatoms. The predicted molar refractivity (Wildman–Crippen MR) is 50.2 cm³/mol. The van der Waals surface area contributed by atoms with Gasteiger partial charge < -0.3 is 0 Å². The van der Waals surface area contributed by atoms with Crippen molar-refractivity contribution in [1.29, 1.82) is 0 Å². The first-order chi connectivity index (χ1) is 2.91. The molecule has 0 aliphatic heterocycles. The Morgan fingerprint density at radius 2 is 1.17 bits per heavy atom. The van der Waals surface area contributed by atoms with Gasteiger partial charge in [-0.15, -0.1) is 20.5 Å². The number of hydrogen-bond donors (Lipinski definition) is 0. The molecule has 0 fully saturated rings. The van der Waals surface area contributed by atoms with Crippen molar-refractivity contribution in [3.05, 3.63) is 0 Å². The maximum absolute atomic E-state index is 1.95. The summed E-state index contributed by atoms with van der Waals surface area (Å²) < 4.78 is 0. The molecule has 0 spiro atoms. The van der Waals surface area contributed by atoms with E-state index in [0.29, 0.717) is 0 Å². The van der Waals surface area contributed by atoms with Gasteiger partial charge in [0, 0.05) is 0 Å². The molecule has 0 aliphatic rings. The quantitative estimate of drug-likeness (QED) is 0.355. The fourth-order valence-corrected chi connectivity index (χ4v) is 13.5. The van der Waals surface area contributed by atoms with Crippen LogP contribution >= 0.6 is 40.1 Å². The summed E-state index contributed by atoms with van der Waals surface area (Å²) in [4.78, 5) is 0. The van der Waals surface area contributed by atoms with E-state index >= 15 is 0 Å². The molecule has 0 radical (unpaired) electrons. The first-order valence-corrected chi connectivity index (χ1v) is 11.8. The average Bonchev–Trinajstić information content (AvgIpc) is 1.61. The van der Waals surface area contributed by atoms with Gasteiger partial charge in [0.05, 0.1) is 18.8 Å². The van der Waals surface area contributed by atoms with Gasteiger partial charge in [0.2, 0.25) is 0 Å². The van der Waals surface area contributed by atoms with Crippen LogP contribution in [0.2, 0.25) is 0 Å². The Morgan fingerprint density at radius 3 is 1.33 bits per heavy atom. The van der Waals surface area contributed by atoms with E-state index in [1.807, 2.05) is 40.1 Å². The third-order valence-corrected chi connectivity index (χ3v) is 13.3. The van der Waals surface area contributed by atoms with Crippen molar-refractivity contribution in [2.24, 2.45) is 0 Å². The molecule has 0 unspecified atom stereocenters. The minimum atomic E-state index is 1.26. The highest BCUT2D eigenvalue weighted by molar-refractivity contribution is 9.30. The van der Waals surface area contributed by atoms with Crippen LogP contribution in [0, 0.1) is 0 Å². The van der Waals surface area contributed by atoms with Crippen LogP contribution in [0.4, 0.5) is 0 Å². The van der Waals surface area contributed by atoms with Gasteiger partial charge in [-0.1, -0.05) is 0 Å². The largest absolute Gasteiger partial charge is 0.121 e. The van der Waals surface area contributed by atoms with E-state index < -0.39 is 0 Å². The second-order valence-corrected chi connectivity index (χ2v) is 12.7. The van der Waals surface area contributed by atoms with Crippen molar-refractivity contribution < 1.29 is 0 Å². The first kappa shape index (κ1) is 7.83. The predicted octanol–water partition coefficient (Wildman–Crippen LogP) is 0.225. The summed E-state index contributed by atoms with van der Waals surface area (Å²) >= 11 is 0. The molecule has 0 aromatic heterocycles. The minimum absolute atomic E-state index is 1.26. The van der Waals surface area contributed by atoms with Gasteiger partial charge >= 0.3 is 0 Å². The topological polar surface area (TPSA) is 0 Å². The number of hydrogen-bond acceptors (Lipinski definition) is 4. The first-order valence-electron chi connectivity index (χ1n) is 1.32. The van der Waals surface area contributed by atoms with Crippen LogP contribution in [0.25, 0.3) is 0 Å². The lowest BCUT2D eigenvalue weighted by molar-refractivity contribution is 5.17. The van der Waals surface area contributed by atoms with Crippen LogP contribution in [-0.2, 0) is 0 Å². The third kappa shape index (κ3) is 5.83. The fraction of sp³-hybridized carbons (Fsp3) is 0. The molecule has 0 aliphatic carbocycles. The maximum Gasteiger partial charge on any atom is 0.0846 e. The molecular formula is H6S4Si2. The van der Waals surface area contributed by atoms with Gasteiger partial charge in [-0.05, 0) is 19.7 Å². The summed E-state index contributed by atoms with van der Waals surface area (Å²) in [5.74, 6) is 0. The molecule has 0 N–H and O–H groups in total. The molecular weight excluding hydrogens is 184 g/mol. The monoisotopic (exact) mass is 190 g/mol. The molecule has 0 saturated heterocycles. The van der Waals surface area contributed by atoms with E-state index in [4.69, 9.17) is 0 Å². The molecule has 0 nitrogen and oxygen atoms in total. The summed E-state index contributed by atoms with van der Waals surface area (Å²) in [6.45, 7) is 0. The normalized spacial score (nSPS) is 10.0. The minimum Gasteiger partial charge on any atom is -0.121 e. The van der Waals surface area contributed by atoms with Crippen LogP contribution in [-0.4, -0.2) is 18.8 Å². The van der Waals surface area contributed by atoms with Gasteiger partial charge in [-0.25, -0.2) is 0 Å². The van der Waals surface area contributed by atoms with E-state index in [0.717, 1.165) is 0 Å². The smallest absolute Gasteiger partial charge is 0.0846 e. The third-order valence-electron chi connectivity index (χ3n) is 0.164. The van der Waals surface area contributed by atoms with Crippen molar-refractivity contribution in [2.45, 2.75) is 0 Å². The van der Waals surface area contributed by atoms with E-state index in [1.165, 1.54) is 18.8 Å². The Kier molecular flexibility index (Phi) is 8.92. The lowest BCUT2D eigenvalue weighted by atomic mass is 27.8. The van der Waals surface area contributed by atoms with E-state index in [9.17, 15) is 0 Å². The molecule has 0 aromatic carbocycles. The molecule has 6 heavy (non-hydrogen) atoms. The molecule has 0 aromatic rings. The van der Waals surface area contributed by atoms with Gasteiger partial charge in [-0.2, -0.15) is 0 Å². The lowest BCUT2D eigenvalue weighted by Gasteiger charge is -1.85. The van der Waals surface area contributed by atoms with Crippen molar-refractivity contribution in [2.75, 3.05) is 0 Å². The second-order valence-electron chi connectivity index (χ2n) is 0.469. The Balaban J connectivity index is 2.34. The molecule has 0 heterocycles. The molecule has 0 bridgehead atoms. The van der Waals surface area contributed by atoms with Gasteiger partial charge in [0.25, 0.3) is 0 Å². The summed E-state index contributed by atoms with van der Waals surface area (Å²) in [5, 5.41) is 0. The Labute approximate surface area is 58.7 Å². The highest BCUT2D eigenvalue weighted by atomic mass is 33.7. The van der Waals surface area contributed by atoms with E-state index in [-0.39, 0.29) is 0 Å². The zero-order valence-corrected chi connectivity index (χ0v) is 10.9. The zero-order chi connectivity index (χ0) is 4.83. The van der Waals surface area contributed by atoms with E-state index in [2.05, 4.69) is 0 Å². The average molecular weight is 190 g/mol. The Bertz CT molecular complexity index is 17.5. The van der Waals surface area contributed by atoms with Crippen molar-refractivity contribution in [3.63, 3.8) is 0 Å². The maximum atomic E-state index is 1.95. The summed E-state index contributed by atoms with van der Waals surface area (Å²) in [5.41, 5.74) is 0. The van der Waals surface area contributed by atoms with Crippen molar-refractivity contribution in [1.82, 2.24) is 0 Å².